The predicted octanol–water partition coefficient (Wildman–Crippen LogP) is 3.17. The van der Waals surface area contributed by atoms with Crippen LogP contribution < -0.4 is 5.73 Å². The van der Waals surface area contributed by atoms with Gasteiger partial charge in [0.05, 0.1) is 0 Å². The van der Waals surface area contributed by atoms with Gasteiger partial charge in [-0.2, -0.15) is 0 Å². The van der Waals surface area contributed by atoms with Crippen LogP contribution in [0.3, 0.4) is 0 Å². The topological polar surface area (TPSA) is 38.9 Å². The Bertz CT molecular complexity index is 509. The number of benzene rings is 1. The van der Waals surface area contributed by atoms with Crippen molar-refractivity contribution in [2.45, 2.75) is 13.5 Å². The number of halogens is 1. The average molecular weight is 233 g/mol. The minimum absolute atomic E-state index is 0.481. The molecule has 0 saturated carbocycles. The highest BCUT2D eigenvalue weighted by Gasteiger charge is 2.07. The summed E-state index contributed by atoms with van der Waals surface area (Å²) in [4.78, 5) is 4.08. The van der Waals surface area contributed by atoms with Gasteiger partial charge in [0.2, 0.25) is 0 Å². The normalized spacial score (nSPS) is 10.4. The Morgan fingerprint density at radius 2 is 2.06 bits per heavy atom. The molecule has 0 aliphatic carbocycles. The van der Waals surface area contributed by atoms with Crippen molar-refractivity contribution in [2.24, 2.45) is 5.73 Å². The Labute approximate surface area is 100 Å². The van der Waals surface area contributed by atoms with Crippen LogP contribution in [0.1, 0.15) is 11.1 Å². The highest BCUT2D eigenvalue weighted by molar-refractivity contribution is 6.30. The molecule has 0 radical (unpaired) electrons. The molecule has 82 valence electrons. The standard InChI is InChI=1S/C13H13ClN2/c1-9-2-3-11(14)6-13(9)12-4-5-16-8-10(12)7-15/h2-6,8H,7,15H2,1H3. The van der Waals surface area contributed by atoms with Crippen LogP contribution in [0, 0.1) is 6.92 Å². The van der Waals surface area contributed by atoms with E-state index in [0.29, 0.717) is 6.54 Å². The maximum atomic E-state index is 6.02. The van der Waals surface area contributed by atoms with Crippen molar-refractivity contribution >= 4 is 11.6 Å². The van der Waals surface area contributed by atoms with E-state index in [1.54, 1.807) is 12.4 Å². The largest absolute Gasteiger partial charge is 0.326 e. The highest BCUT2D eigenvalue weighted by Crippen LogP contribution is 2.28. The highest BCUT2D eigenvalue weighted by atomic mass is 35.5. The molecule has 3 heteroatoms. The van der Waals surface area contributed by atoms with Crippen LogP contribution in [0.2, 0.25) is 5.02 Å². The first-order chi connectivity index (χ1) is 7.72. The first kappa shape index (κ1) is 11.1. The molecule has 2 rings (SSSR count). The van der Waals surface area contributed by atoms with E-state index in [0.717, 1.165) is 21.7 Å². The molecule has 0 spiro atoms. The van der Waals surface area contributed by atoms with Crippen molar-refractivity contribution in [3.05, 3.63) is 52.8 Å². The molecule has 0 aliphatic rings. The van der Waals surface area contributed by atoms with Gasteiger partial charge in [-0.15, -0.1) is 0 Å². The van der Waals surface area contributed by atoms with Gasteiger partial charge in [0, 0.05) is 24.0 Å². The first-order valence-electron chi connectivity index (χ1n) is 5.12. The minimum atomic E-state index is 0.481. The van der Waals surface area contributed by atoms with Gasteiger partial charge in [0.1, 0.15) is 0 Å². The first-order valence-corrected chi connectivity index (χ1v) is 5.49. The van der Waals surface area contributed by atoms with Crippen molar-refractivity contribution in [3.8, 4) is 11.1 Å². The number of aromatic nitrogens is 1. The number of pyridine rings is 1. The third-order valence-corrected chi connectivity index (χ3v) is 2.85. The van der Waals surface area contributed by atoms with Crippen LogP contribution in [-0.2, 0) is 6.54 Å². The molecule has 0 atom stereocenters. The van der Waals surface area contributed by atoms with E-state index in [9.17, 15) is 0 Å². The maximum absolute atomic E-state index is 6.02. The van der Waals surface area contributed by atoms with E-state index in [1.807, 2.05) is 24.3 Å². The third-order valence-electron chi connectivity index (χ3n) is 2.61. The molecule has 0 amide bonds. The van der Waals surface area contributed by atoms with Crippen LogP contribution in [0.25, 0.3) is 11.1 Å². The van der Waals surface area contributed by atoms with Gasteiger partial charge >= 0.3 is 0 Å². The average Bonchev–Trinajstić information content (AvgIpc) is 2.32. The van der Waals surface area contributed by atoms with E-state index in [4.69, 9.17) is 17.3 Å². The summed E-state index contributed by atoms with van der Waals surface area (Å²) < 4.78 is 0. The molecule has 2 nitrogen and oxygen atoms in total. The van der Waals surface area contributed by atoms with Gasteiger partial charge in [0.15, 0.2) is 0 Å². The van der Waals surface area contributed by atoms with Gasteiger partial charge in [-0.3, -0.25) is 4.98 Å². The molecule has 0 saturated heterocycles. The minimum Gasteiger partial charge on any atom is -0.326 e. The molecule has 1 aromatic carbocycles. The molecule has 2 N–H and O–H groups in total. The molecular formula is C13H13ClN2. The Morgan fingerprint density at radius 1 is 1.25 bits per heavy atom. The zero-order chi connectivity index (χ0) is 11.5. The van der Waals surface area contributed by atoms with Crippen molar-refractivity contribution < 1.29 is 0 Å². The van der Waals surface area contributed by atoms with Gasteiger partial charge < -0.3 is 5.73 Å². The van der Waals surface area contributed by atoms with Crippen molar-refractivity contribution in [1.82, 2.24) is 4.98 Å². The number of aryl methyl sites for hydroxylation is 1. The summed E-state index contributed by atoms with van der Waals surface area (Å²) in [5.41, 5.74) is 10.2. The Hall–Kier alpha value is -1.38. The van der Waals surface area contributed by atoms with E-state index in [2.05, 4.69) is 11.9 Å². The number of rotatable bonds is 2. The second-order valence-electron chi connectivity index (χ2n) is 3.70. The van der Waals surface area contributed by atoms with Gasteiger partial charge in [-0.1, -0.05) is 17.7 Å². The van der Waals surface area contributed by atoms with Gasteiger partial charge in [-0.25, -0.2) is 0 Å². The van der Waals surface area contributed by atoms with Crippen LogP contribution in [0.5, 0.6) is 0 Å². The van der Waals surface area contributed by atoms with Gasteiger partial charge in [0.25, 0.3) is 0 Å². The summed E-state index contributed by atoms with van der Waals surface area (Å²) in [7, 11) is 0. The molecule has 2 aromatic rings. The lowest BCUT2D eigenvalue weighted by Crippen LogP contribution is -2.00. The maximum Gasteiger partial charge on any atom is 0.0412 e. The molecule has 0 aliphatic heterocycles. The number of hydrogen-bond acceptors (Lipinski definition) is 2. The summed E-state index contributed by atoms with van der Waals surface area (Å²) in [5.74, 6) is 0. The monoisotopic (exact) mass is 232 g/mol. The number of hydrogen-bond donors (Lipinski definition) is 1. The van der Waals surface area contributed by atoms with E-state index < -0.39 is 0 Å². The molecule has 1 heterocycles. The number of nitrogens with two attached hydrogens (primary N) is 1. The molecule has 0 unspecified atom stereocenters. The summed E-state index contributed by atoms with van der Waals surface area (Å²) in [6, 6.07) is 7.84. The lowest BCUT2D eigenvalue weighted by Gasteiger charge is -2.10. The number of nitrogens with zero attached hydrogens (tertiary/aromatic N) is 1. The smallest absolute Gasteiger partial charge is 0.0412 e. The lowest BCUT2D eigenvalue weighted by atomic mass is 9.98. The summed E-state index contributed by atoms with van der Waals surface area (Å²) in [5, 5.41) is 0.736. The molecule has 16 heavy (non-hydrogen) atoms. The Morgan fingerprint density at radius 3 is 2.81 bits per heavy atom. The van der Waals surface area contributed by atoms with E-state index >= 15 is 0 Å². The zero-order valence-corrected chi connectivity index (χ0v) is 9.83. The van der Waals surface area contributed by atoms with E-state index in [-0.39, 0.29) is 0 Å². The molecule has 1 aromatic heterocycles. The fourth-order valence-corrected chi connectivity index (χ4v) is 1.91. The summed E-state index contributed by atoms with van der Waals surface area (Å²) in [6.45, 7) is 2.54. The Kier molecular flexibility index (Phi) is 3.22. The van der Waals surface area contributed by atoms with Gasteiger partial charge in [-0.05, 0) is 47.4 Å². The van der Waals surface area contributed by atoms with Crippen LogP contribution in [-0.4, -0.2) is 4.98 Å². The lowest BCUT2D eigenvalue weighted by molar-refractivity contribution is 1.05. The zero-order valence-electron chi connectivity index (χ0n) is 9.07. The van der Waals surface area contributed by atoms with Crippen LogP contribution in [0.15, 0.2) is 36.7 Å². The predicted molar refractivity (Wildman–Crippen MR) is 67.3 cm³/mol. The van der Waals surface area contributed by atoms with Crippen molar-refractivity contribution in [1.29, 1.82) is 0 Å². The van der Waals surface area contributed by atoms with Crippen molar-refractivity contribution in [3.63, 3.8) is 0 Å². The van der Waals surface area contributed by atoms with Crippen LogP contribution in [0.4, 0.5) is 0 Å². The van der Waals surface area contributed by atoms with Crippen molar-refractivity contribution in [2.75, 3.05) is 0 Å². The SMILES string of the molecule is Cc1ccc(Cl)cc1-c1ccncc1CN. The molecular weight excluding hydrogens is 220 g/mol. The summed E-state index contributed by atoms with van der Waals surface area (Å²) in [6.07, 6.45) is 3.57. The Balaban J connectivity index is 2.62. The quantitative estimate of drug-likeness (QED) is 0.864. The molecule has 0 bridgehead atoms. The summed E-state index contributed by atoms with van der Waals surface area (Å²) >= 11 is 6.02. The second kappa shape index (κ2) is 4.64. The fourth-order valence-electron chi connectivity index (χ4n) is 1.74. The molecule has 0 fully saturated rings. The third kappa shape index (κ3) is 2.08. The fraction of sp³-hybridized carbons (Fsp3) is 0.154. The second-order valence-corrected chi connectivity index (χ2v) is 4.13. The van der Waals surface area contributed by atoms with E-state index in [1.165, 1.54) is 5.56 Å². The van der Waals surface area contributed by atoms with Crippen LogP contribution >= 0.6 is 11.6 Å².